The van der Waals surface area contributed by atoms with Crippen molar-refractivity contribution in [2.45, 2.75) is 32.2 Å². The summed E-state index contributed by atoms with van der Waals surface area (Å²) in [4.78, 5) is 24.1. The molecule has 7 nitrogen and oxygen atoms in total. The molecule has 0 radical (unpaired) electrons. The smallest absolute Gasteiger partial charge is 0.328 e. The molecule has 8 heteroatoms. The highest BCUT2D eigenvalue weighted by Gasteiger charge is 2.30. The Labute approximate surface area is 161 Å². The predicted molar refractivity (Wildman–Crippen MR) is 100 cm³/mol. The van der Waals surface area contributed by atoms with Gasteiger partial charge in [-0.05, 0) is 43.9 Å². The number of aliphatic carboxylic acids is 1. The van der Waals surface area contributed by atoms with Crippen LogP contribution in [0.3, 0.4) is 0 Å². The van der Waals surface area contributed by atoms with E-state index in [4.69, 9.17) is 4.74 Å². The van der Waals surface area contributed by atoms with Crippen LogP contribution in [0.5, 0.6) is 0 Å². The minimum Gasteiger partial charge on any atom is -0.480 e. The molecule has 1 aromatic heterocycles. The zero-order valence-electron chi connectivity index (χ0n) is 15.6. The van der Waals surface area contributed by atoms with Crippen LogP contribution in [0.1, 0.15) is 33.7 Å². The van der Waals surface area contributed by atoms with Gasteiger partial charge in [0.15, 0.2) is 11.7 Å². The molecule has 1 aliphatic carbocycles. The maximum Gasteiger partial charge on any atom is 0.328 e. The number of carbonyl (C=O) groups is 2. The Bertz CT molecular complexity index is 922. The van der Waals surface area contributed by atoms with Gasteiger partial charge < -0.3 is 15.2 Å². The molecule has 0 bridgehead atoms. The van der Waals surface area contributed by atoms with Crippen LogP contribution >= 0.6 is 0 Å². The molecule has 2 aromatic rings. The van der Waals surface area contributed by atoms with Crippen molar-refractivity contribution in [3.8, 4) is 5.69 Å². The van der Waals surface area contributed by atoms with Gasteiger partial charge in [-0.2, -0.15) is 5.10 Å². The van der Waals surface area contributed by atoms with E-state index in [0.717, 1.165) is 23.2 Å². The quantitative estimate of drug-likeness (QED) is 0.535. The molecule has 2 N–H and O–H groups in total. The molecule has 28 heavy (non-hydrogen) atoms. The van der Waals surface area contributed by atoms with Gasteiger partial charge in [0.05, 0.1) is 13.2 Å². The summed E-state index contributed by atoms with van der Waals surface area (Å²) in [6, 6.07) is 3.60. The number of ether oxygens (including phenoxy) is 1. The highest BCUT2D eigenvalue weighted by atomic mass is 19.1. The number of amides is 1. The topological polar surface area (TPSA) is 93.5 Å². The van der Waals surface area contributed by atoms with Gasteiger partial charge in [-0.15, -0.1) is 6.58 Å². The number of aromatic nitrogens is 2. The zero-order valence-corrected chi connectivity index (χ0v) is 15.6. The van der Waals surface area contributed by atoms with Crippen LogP contribution in [0.4, 0.5) is 4.39 Å². The summed E-state index contributed by atoms with van der Waals surface area (Å²) in [6.07, 6.45) is 3.63. The van der Waals surface area contributed by atoms with Crippen molar-refractivity contribution in [1.29, 1.82) is 0 Å². The van der Waals surface area contributed by atoms with Gasteiger partial charge in [0, 0.05) is 11.3 Å². The van der Waals surface area contributed by atoms with Gasteiger partial charge >= 0.3 is 5.97 Å². The number of carboxylic acid groups (broad SMARTS) is 1. The normalized spacial score (nSPS) is 13.8. The fourth-order valence-electron chi connectivity index (χ4n) is 3.27. The maximum absolute atomic E-state index is 14.4. The Balaban J connectivity index is 1.89. The lowest BCUT2D eigenvalue weighted by molar-refractivity contribution is -0.140. The number of hydrogen-bond donors (Lipinski definition) is 2. The third-order valence-corrected chi connectivity index (χ3v) is 4.60. The number of carboxylic acids is 1. The lowest BCUT2D eigenvalue weighted by Gasteiger charge is -2.14. The largest absolute Gasteiger partial charge is 0.480 e. The Hall–Kier alpha value is -3.00. The molecule has 0 saturated heterocycles. The first-order valence-corrected chi connectivity index (χ1v) is 9.02. The third kappa shape index (κ3) is 3.96. The van der Waals surface area contributed by atoms with E-state index in [1.54, 1.807) is 19.1 Å². The first-order chi connectivity index (χ1) is 13.4. The summed E-state index contributed by atoms with van der Waals surface area (Å²) >= 11 is 0. The van der Waals surface area contributed by atoms with Crippen molar-refractivity contribution < 1.29 is 23.8 Å². The molecule has 0 spiro atoms. The molecule has 1 heterocycles. The number of nitrogens with one attached hydrogen (secondary N) is 1. The molecule has 1 unspecified atom stereocenters. The van der Waals surface area contributed by atoms with E-state index in [1.165, 1.54) is 16.8 Å². The molecule has 1 aromatic carbocycles. The molecule has 1 atom stereocenters. The monoisotopic (exact) mass is 387 g/mol. The first kappa shape index (κ1) is 19.8. The van der Waals surface area contributed by atoms with Gasteiger partial charge in [-0.3, -0.25) is 4.79 Å². The molecule has 0 saturated carbocycles. The van der Waals surface area contributed by atoms with Crippen molar-refractivity contribution in [3.63, 3.8) is 0 Å². The highest BCUT2D eigenvalue weighted by Crippen LogP contribution is 2.29. The summed E-state index contributed by atoms with van der Waals surface area (Å²) in [7, 11) is 0. The van der Waals surface area contributed by atoms with Crippen LogP contribution in [0.15, 0.2) is 30.9 Å². The van der Waals surface area contributed by atoms with Crippen molar-refractivity contribution in [2.24, 2.45) is 0 Å². The molecule has 148 valence electrons. The predicted octanol–water partition coefficient (Wildman–Crippen LogP) is 2.19. The number of aryl methyl sites for hydroxylation is 1. The van der Waals surface area contributed by atoms with Crippen molar-refractivity contribution >= 4 is 11.9 Å². The van der Waals surface area contributed by atoms with Gasteiger partial charge in [0.1, 0.15) is 11.5 Å². The van der Waals surface area contributed by atoms with E-state index in [9.17, 15) is 19.1 Å². The van der Waals surface area contributed by atoms with Crippen LogP contribution in [0.2, 0.25) is 0 Å². The minimum absolute atomic E-state index is 0.127. The average molecular weight is 387 g/mol. The lowest BCUT2D eigenvalue weighted by Crippen LogP contribution is -2.44. The lowest BCUT2D eigenvalue weighted by atomic mass is 10.1. The minimum atomic E-state index is -1.22. The third-order valence-electron chi connectivity index (χ3n) is 4.60. The second-order valence-electron chi connectivity index (χ2n) is 6.68. The number of nitrogens with zero attached hydrogens (tertiary/aromatic N) is 2. The number of fused-ring (bicyclic) bond motifs is 1. The van der Waals surface area contributed by atoms with E-state index in [-0.39, 0.29) is 24.6 Å². The van der Waals surface area contributed by atoms with Crippen molar-refractivity contribution in [1.82, 2.24) is 15.1 Å². The number of benzene rings is 1. The van der Waals surface area contributed by atoms with E-state index in [1.807, 2.05) is 0 Å². The molecule has 3 rings (SSSR count). The Kier molecular flexibility index (Phi) is 5.89. The zero-order chi connectivity index (χ0) is 20.3. The molecule has 0 fully saturated rings. The van der Waals surface area contributed by atoms with Gasteiger partial charge in [-0.25, -0.2) is 13.9 Å². The van der Waals surface area contributed by atoms with Crippen molar-refractivity contribution in [3.05, 3.63) is 59.2 Å². The summed E-state index contributed by atoms with van der Waals surface area (Å²) in [6.45, 7) is 5.27. The molecule has 1 aliphatic rings. The fourth-order valence-corrected chi connectivity index (χ4v) is 3.27. The van der Waals surface area contributed by atoms with Gasteiger partial charge in [0.2, 0.25) is 0 Å². The van der Waals surface area contributed by atoms with E-state index >= 15 is 0 Å². The van der Waals surface area contributed by atoms with Crippen LogP contribution in [-0.4, -0.2) is 46.0 Å². The number of hydrogen-bond acceptors (Lipinski definition) is 4. The standard InChI is InChI=1S/C20H22FN3O4/c1-3-9-28-11-15(20(26)27)22-19(25)18-13-5-4-6-16(13)24(23-18)17-8-7-12(2)10-14(17)21/h3,7-8,10,15H,1,4-6,9,11H2,2H3,(H,22,25)(H,26,27). The second-order valence-corrected chi connectivity index (χ2v) is 6.68. The van der Waals surface area contributed by atoms with Crippen LogP contribution < -0.4 is 5.32 Å². The van der Waals surface area contributed by atoms with E-state index in [2.05, 4.69) is 17.0 Å². The van der Waals surface area contributed by atoms with E-state index in [0.29, 0.717) is 12.8 Å². The first-order valence-electron chi connectivity index (χ1n) is 9.02. The molecular weight excluding hydrogens is 365 g/mol. The number of halogens is 1. The second kappa shape index (κ2) is 8.35. The number of rotatable bonds is 8. The Morgan fingerprint density at radius 3 is 2.93 bits per heavy atom. The van der Waals surface area contributed by atoms with Crippen LogP contribution in [-0.2, 0) is 22.4 Å². The number of carbonyl (C=O) groups excluding carboxylic acids is 1. The summed E-state index contributed by atoms with van der Waals surface area (Å²) in [5.41, 5.74) is 2.69. The average Bonchev–Trinajstić information content (AvgIpc) is 3.24. The SMILES string of the molecule is C=CCOCC(NC(=O)c1nn(-c2ccc(C)cc2F)c2c1CCC2)C(=O)O. The summed E-state index contributed by atoms with van der Waals surface area (Å²) in [5.74, 6) is -2.25. The fraction of sp³-hybridized carbons (Fsp3) is 0.350. The van der Waals surface area contributed by atoms with Crippen molar-refractivity contribution in [2.75, 3.05) is 13.2 Å². The van der Waals surface area contributed by atoms with E-state index < -0.39 is 23.7 Å². The Morgan fingerprint density at radius 1 is 1.46 bits per heavy atom. The summed E-state index contributed by atoms with van der Waals surface area (Å²) in [5, 5.41) is 16.1. The highest BCUT2D eigenvalue weighted by molar-refractivity contribution is 5.96. The molecular formula is C20H22FN3O4. The Morgan fingerprint density at radius 2 is 2.25 bits per heavy atom. The van der Waals surface area contributed by atoms with Gasteiger partial charge in [0.25, 0.3) is 5.91 Å². The van der Waals surface area contributed by atoms with Gasteiger partial charge in [-0.1, -0.05) is 12.1 Å². The summed E-state index contributed by atoms with van der Waals surface area (Å²) < 4.78 is 21.0. The molecule has 0 aliphatic heterocycles. The van der Waals surface area contributed by atoms with Crippen LogP contribution in [0, 0.1) is 12.7 Å². The molecule has 1 amide bonds. The van der Waals surface area contributed by atoms with Crippen LogP contribution in [0.25, 0.3) is 5.69 Å². The maximum atomic E-state index is 14.4.